The zero-order valence-corrected chi connectivity index (χ0v) is 7.78. The van der Waals surface area contributed by atoms with E-state index in [1.54, 1.807) is 6.26 Å². The maximum Gasteiger partial charge on any atom is 0.389 e. The van der Waals surface area contributed by atoms with Crippen LogP contribution in [0.5, 0.6) is 0 Å². The molecule has 2 atom stereocenters. The largest absolute Gasteiger partial charge is 0.389 e. The van der Waals surface area contributed by atoms with Gasteiger partial charge < -0.3 is 4.52 Å². The monoisotopic (exact) mass is 182 g/mol. The Morgan fingerprint density at radius 2 is 2.40 bits per heavy atom. The van der Waals surface area contributed by atoms with Gasteiger partial charge in [0.25, 0.3) is 0 Å². The van der Waals surface area contributed by atoms with Gasteiger partial charge in [-0.2, -0.15) is 0 Å². The molecule has 3 nitrogen and oxygen atoms in total. The van der Waals surface area contributed by atoms with Crippen molar-refractivity contribution in [1.29, 1.82) is 0 Å². The molecule has 10 heavy (non-hydrogen) atoms. The standard InChI is InChI=1S/C5H11O3PS/c1-5-3-4-7-9(6,8-5)10-2/h5H,3-4H2,1-2H3/t5-,9+/m0/s1. The molecule has 1 rings (SSSR count). The van der Waals surface area contributed by atoms with Gasteiger partial charge in [-0.25, -0.2) is 4.57 Å². The normalized spacial score (nSPS) is 41.6. The lowest BCUT2D eigenvalue weighted by Gasteiger charge is -2.25. The van der Waals surface area contributed by atoms with Gasteiger partial charge in [-0.05, 0) is 31.0 Å². The summed E-state index contributed by atoms with van der Waals surface area (Å²) in [6.45, 7) is -0.271. The van der Waals surface area contributed by atoms with Crippen molar-refractivity contribution >= 4 is 18.2 Å². The molecule has 0 N–H and O–H groups in total. The number of rotatable bonds is 1. The van der Waals surface area contributed by atoms with Gasteiger partial charge in [0.1, 0.15) is 0 Å². The first-order valence-corrected chi connectivity index (χ1v) is 6.52. The molecular weight excluding hydrogens is 171 g/mol. The second-order valence-electron chi connectivity index (χ2n) is 2.17. The fourth-order valence-corrected chi connectivity index (χ4v) is 3.10. The van der Waals surface area contributed by atoms with Crippen LogP contribution in [-0.2, 0) is 13.6 Å². The van der Waals surface area contributed by atoms with Crippen LogP contribution in [0.1, 0.15) is 13.3 Å². The first-order valence-electron chi connectivity index (χ1n) is 3.15. The highest BCUT2D eigenvalue weighted by Crippen LogP contribution is 2.61. The van der Waals surface area contributed by atoms with Gasteiger partial charge >= 0.3 is 6.80 Å². The molecule has 1 heterocycles. The molecule has 0 aromatic carbocycles. The van der Waals surface area contributed by atoms with Crippen LogP contribution in [0.15, 0.2) is 0 Å². The molecule has 0 unspecified atom stereocenters. The minimum Gasteiger partial charge on any atom is -0.301 e. The van der Waals surface area contributed by atoms with Crippen molar-refractivity contribution < 1.29 is 13.6 Å². The van der Waals surface area contributed by atoms with Crippen LogP contribution in [0.4, 0.5) is 0 Å². The zero-order chi connectivity index (χ0) is 7.61. The summed E-state index contributed by atoms with van der Waals surface area (Å²) in [7, 11) is 0. The SMILES string of the molecule is CS[P@]1(=O)OCC[C@H](C)O1. The van der Waals surface area contributed by atoms with Gasteiger partial charge in [0.15, 0.2) is 0 Å². The molecule has 5 heteroatoms. The molecule has 0 bridgehead atoms. The topological polar surface area (TPSA) is 35.5 Å². The third-order valence-electron chi connectivity index (χ3n) is 1.31. The first-order chi connectivity index (χ1) is 4.66. The Morgan fingerprint density at radius 3 is 2.80 bits per heavy atom. The van der Waals surface area contributed by atoms with Crippen LogP contribution in [0.2, 0.25) is 0 Å². The van der Waals surface area contributed by atoms with Gasteiger partial charge in [-0.15, -0.1) is 0 Å². The van der Waals surface area contributed by atoms with Crippen LogP contribution >= 0.6 is 18.2 Å². The molecule has 0 aliphatic carbocycles. The molecule has 1 saturated heterocycles. The number of hydrogen-bond donors (Lipinski definition) is 0. The van der Waals surface area contributed by atoms with Crippen molar-refractivity contribution in [3.05, 3.63) is 0 Å². The lowest BCUT2D eigenvalue weighted by molar-refractivity contribution is 0.104. The van der Waals surface area contributed by atoms with E-state index in [-0.39, 0.29) is 6.10 Å². The lowest BCUT2D eigenvalue weighted by atomic mass is 10.3. The summed E-state index contributed by atoms with van der Waals surface area (Å²) in [5.41, 5.74) is 0. The molecule has 1 fully saturated rings. The highest BCUT2D eigenvalue weighted by molar-refractivity contribution is 8.54. The van der Waals surface area contributed by atoms with E-state index < -0.39 is 6.80 Å². The Morgan fingerprint density at radius 1 is 1.70 bits per heavy atom. The summed E-state index contributed by atoms with van der Waals surface area (Å²) >= 11 is 1.16. The van der Waals surface area contributed by atoms with Crippen LogP contribution in [0, 0.1) is 0 Å². The van der Waals surface area contributed by atoms with Gasteiger partial charge in [0.05, 0.1) is 12.7 Å². The van der Waals surface area contributed by atoms with Crippen molar-refractivity contribution in [2.45, 2.75) is 19.4 Å². The minimum atomic E-state index is -2.73. The summed E-state index contributed by atoms with van der Waals surface area (Å²) in [4.78, 5) is 0. The van der Waals surface area contributed by atoms with E-state index in [0.717, 1.165) is 17.8 Å². The Kier molecular flexibility index (Phi) is 2.81. The molecule has 0 spiro atoms. The summed E-state index contributed by atoms with van der Waals surface area (Å²) < 4.78 is 21.4. The van der Waals surface area contributed by atoms with E-state index in [1.807, 2.05) is 6.92 Å². The number of hydrogen-bond acceptors (Lipinski definition) is 4. The van der Waals surface area contributed by atoms with Crippen molar-refractivity contribution in [2.24, 2.45) is 0 Å². The molecule has 1 aliphatic heterocycles. The van der Waals surface area contributed by atoms with Crippen molar-refractivity contribution in [3.63, 3.8) is 0 Å². The molecule has 0 aromatic heterocycles. The van der Waals surface area contributed by atoms with Gasteiger partial charge in [0.2, 0.25) is 0 Å². The van der Waals surface area contributed by atoms with Crippen LogP contribution < -0.4 is 0 Å². The van der Waals surface area contributed by atoms with Gasteiger partial charge in [-0.3, -0.25) is 4.52 Å². The minimum absolute atomic E-state index is 0.0760. The zero-order valence-electron chi connectivity index (χ0n) is 6.07. The fraction of sp³-hybridized carbons (Fsp3) is 1.00. The van der Waals surface area contributed by atoms with E-state index >= 15 is 0 Å². The predicted octanol–water partition coefficient (Wildman–Crippen LogP) is 2.28. The average molecular weight is 182 g/mol. The van der Waals surface area contributed by atoms with Gasteiger partial charge in [0, 0.05) is 0 Å². The molecular formula is C5H11O3PS. The lowest BCUT2D eigenvalue weighted by Crippen LogP contribution is -2.15. The van der Waals surface area contributed by atoms with E-state index in [9.17, 15) is 4.57 Å². The van der Waals surface area contributed by atoms with Crippen molar-refractivity contribution in [1.82, 2.24) is 0 Å². The summed E-state index contributed by atoms with van der Waals surface area (Å²) in [6.07, 6.45) is 2.65. The van der Waals surface area contributed by atoms with Crippen LogP contribution in [0.3, 0.4) is 0 Å². The molecule has 0 radical (unpaired) electrons. The molecule has 0 amide bonds. The van der Waals surface area contributed by atoms with Crippen molar-refractivity contribution in [2.75, 3.05) is 12.9 Å². The summed E-state index contributed by atoms with van der Waals surface area (Å²) in [6, 6.07) is 0. The molecule has 1 aliphatic rings. The van der Waals surface area contributed by atoms with E-state index in [4.69, 9.17) is 9.05 Å². The maximum absolute atomic E-state index is 11.3. The summed E-state index contributed by atoms with van der Waals surface area (Å²) in [5.74, 6) is 0. The highest BCUT2D eigenvalue weighted by atomic mass is 32.7. The average Bonchev–Trinajstić information content (AvgIpc) is 1.88. The first kappa shape index (κ1) is 8.60. The fourth-order valence-electron chi connectivity index (χ4n) is 0.730. The van der Waals surface area contributed by atoms with Crippen LogP contribution in [-0.4, -0.2) is 19.0 Å². The Bertz CT molecular complexity index is 161. The van der Waals surface area contributed by atoms with Gasteiger partial charge in [-0.1, -0.05) is 0 Å². The third-order valence-corrected chi connectivity index (χ3v) is 4.79. The highest BCUT2D eigenvalue weighted by Gasteiger charge is 2.30. The molecule has 0 saturated carbocycles. The Labute approximate surface area is 64.8 Å². The second kappa shape index (κ2) is 3.26. The van der Waals surface area contributed by atoms with E-state index in [0.29, 0.717) is 6.61 Å². The van der Waals surface area contributed by atoms with E-state index in [2.05, 4.69) is 0 Å². The van der Waals surface area contributed by atoms with Crippen molar-refractivity contribution in [3.8, 4) is 0 Å². The summed E-state index contributed by atoms with van der Waals surface area (Å²) in [5, 5.41) is 0. The predicted molar refractivity (Wildman–Crippen MR) is 42.2 cm³/mol. The third kappa shape index (κ3) is 1.99. The maximum atomic E-state index is 11.3. The van der Waals surface area contributed by atoms with E-state index in [1.165, 1.54) is 0 Å². The van der Waals surface area contributed by atoms with Crippen LogP contribution in [0.25, 0.3) is 0 Å². The Hall–Kier alpha value is 0.500. The molecule has 0 aromatic rings. The molecule has 60 valence electrons. The second-order valence-corrected chi connectivity index (χ2v) is 6.33. The Balaban J connectivity index is 2.54. The quantitative estimate of drug-likeness (QED) is 0.583. The smallest absolute Gasteiger partial charge is 0.301 e.